The lowest BCUT2D eigenvalue weighted by Gasteiger charge is -2.19. The van der Waals surface area contributed by atoms with Crippen molar-refractivity contribution in [3.05, 3.63) is 71.9 Å². The fraction of sp³-hybridized carbons (Fsp3) is 0.304. The molecule has 1 heterocycles. The summed E-state index contributed by atoms with van der Waals surface area (Å²) in [4.78, 5) is 11.9. The van der Waals surface area contributed by atoms with E-state index < -0.39 is 11.7 Å². The molecule has 1 amide bonds. The third kappa shape index (κ3) is 6.27. The van der Waals surface area contributed by atoms with E-state index in [9.17, 15) is 4.79 Å². The van der Waals surface area contributed by atoms with Gasteiger partial charge in [0.1, 0.15) is 11.4 Å². The van der Waals surface area contributed by atoms with Crippen LogP contribution < -0.4 is 16.0 Å². The molecule has 0 saturated heterocycles. The van der Waals surface area contributed by atoms with Gasteiger partial charge in [-0.05, 0) is 51.0 Å². The second kappa shape index (κ2) is 9.35. The fourth-order valence-electron chi connectivity index (χ4n) is 2.91. The van der Waals surface area contributed by atoms with Crippen LogP contribution in [0.25, 0.3) is 0 Å². The first-order valence-electron chi connectivity index (χ1n) is 9.98. The largest absolute Gasteiger partial charge is 0.444 e. The number of hydrogen-bond acceptors (Lipinski definition) is 5. The zero-order valence-electron chi connectivity index (χ0n) is 17.8. The van der Waals surface area contributed by atoms with Crippen molar-refractivity contribution in [1.82, 2.24) is 10.2 Å². The molecule has 30 heavy (non-hydrogen) atoms. The van der Waals surface area contributed by atoms with Crippen molar-refractivity contribution in [2.75, 3.05) is 16.0 Å². The number of amides is 1. The number of ether oxygens (including phenoxy) is 1. The van der Waals surface area contributed by atoms with E-state index in [1.165, 1.54) is 5.56 Å². The molecule has 4 N–H and O–H groups in total. The number of carbonyl (C=O) groups excluding carboxylic acids is 1. The third-order valence-electron chi connectivity index (χ3n) is 4.38. The van der Waals surface area contributed by atoms with Gasteiger partial charge in [-0.15, -0.1) is 0 Å². The Labute approximate surface area is 177 Å². The van der Waals surface area contributed by atoms with Gasteiger partial charge in [-0.3, -0.25) is 10.4 Å². The standard InChI is InChI=1S/C23H29N5O2/c1-16(18-8-6-5-7-9-18)26-20-15-25-28-21(20)24-14-17-10-12-19(13-11-17)27-22(29)30-23(2,3)4/h5-13,15-16,26H,14H2,1-4H3,(H,27,29)(H2,24,25,28)/t16-/m0/s1. The number of nitrogens with one attached hydrogen (secondary N) is 4. The van der Waals surface area contributed by atoms with E-state index in [1.54, 1.807) is 6.20 Å². The summed E-state index contributed by atoms with van der Waals surface area (Å²) in [5, 5.41) is 16.7. The molecule has 7 heteroatoms. The average Bonchev–Trinajstić information content (AvgIpc) is 3.13. The Kier molecular flexibility index (Phi) is 6.61. The molecule has 1 aromatic heterocycles. The van der Waals surface area contributed by atoms with Gasteiger partial charge in [0, 0.05) is 18.3 Å². The molecule has 158 valence electrons. The molecule has 3 rings (SSSR count). The Morgan fingerprint density at radius 3 is 2.47 bits per heavy atom. The normalized spacial score (nSPS) is 12.1. The molecule has 7 nitrogen and oxygen atoms in total. The van der Waals surface area contributed by atoms with E-state index in [-0.39, 0.29) is 6.04 Å². The van der Waals surface area contributed by atoms with E-state index >= 15 is 0 Å². The molecular formula is C23H29N5O2. The zero-order chi connectivity index (χ0) is 21.6. The number of H-pyrrole nitrogens is 1. The van der Waals surface area contributed by atoms with Gasteiger partial charge in [0.05, 0.1) is 11.9 Å². The predicted molar refractivity (Wildman–Crippen MR) is 121 cm³/mol. The molecule has 0 spiro atoms. The van der Waals surface area contributed by atoms with Crippen LogP contribution in [0.5, 0.6) is 0 Å². The van der Waals surface area contributed by atoms with E-state index in [0.717, 1.165) is 17.1 Å². The lowest BCUT2D eigenvalue weighted by molar-refractivity contribution is 0.0636. The first-order chi connectivity index (χ1) is 14.3. The molecule has 3 aromatic rings. The SMILES string of the molecule is C[C@H](Nc1cn[nH]c1NCc1ccc(NC(=O)OC(C)(C)C)cc1)c1ccccc1. The van der Waals surface area contributed by atoms with Gasteiger partial charge in [0.15, 0.2) is 0 Å². The molecular weight excluding hydrogens is 378 g/mol. The van der Waals surface area contributed by atoms with Crippen molar-refractivity contribution in [2.24, 2.45) is 0 Å². The van der Waals surface area contributed by atoms with Gasteiger partial charge in [0.25, 0.3) is 0 Å². The molecule has 0 radical (unpaired) electrons. The van der Waals surface area contributed by atoms with Crippen LogP contribution in [0.2, 0.25) is 0 Å². The van der Waals surface area contributed by atoms with Crippen molar-refractivity contribution in [3.8, 4) is 0 Å². The summed E-state index contributed by atoms with van der Waals surface area (Å²) in [6, 6.07) is 18.0. The Morgan fingerprint density at radius 1 is 1.10 bits per heavy atom. The molecule has 2 aromatic carbocycles. The van der Waals surface area contributed by atoms with Crippen molar-refractivity contribution >= 4 is 23.3 Å². The number of carbonyl (C=O) groups is 1. The molecule has 0 unspecified atom stereocenters. The van der Waals surface area contributed by atoms with E-state index in [4.69, 9.17) is 4.74 Å². The third-order valence-corrected chi connectivity index (χ3v) is 4.38. The minimum absolute atomic E-state index is 0.155. The molecule has 0 aliphatic heterocycles. The van der Waals surface area contributed by atoms with Crippen LogP contribution in [0.4, 0.5) is 22.0 Å². The molecule has 0 saturated carbocycles. The van der Waals surface area contributed by atoms with Crippen LogP contribution in [0.3, 0.4) is 0 Å². The average molecular weight is 408 g/mol. The maximum atomic E-state index is 11.9. The van der Waals surface area contributed by atoms with Gasteiger partial charge in [-0.25, -0.2) is 4.79 Å². The van der Waals surface area contributed by atoms with Crippen LogP contribution in [-0.2, 0) is 11.3 Å². The fourth-order valence-corrected chi connectivity index (χ4v) is 2.91. The maximum Gasteiger partial charge on any atom is 0.412 e. The van der Waals surface area contributed by atoms with E-state index in [1.807, 2.05) is 63.2 Å². The maximum absolute atomic E-state index is 11.9. The predicted octanol–water partition coefficient (Wildman–Crippen LogP) is 5.54. The van der Waals surface area contributed by atoms with Crippen LogP contribution in [0.1, 0.15) is 44.9 Å². The molecule has 0 aliphatic rings. The molecule has 0 fully saturated rings. The minimum atomic E-state index is -0.526. The summed E-state index contributed by atoms with van der Waals surface area (Å²) in [6.07, 6.45) is 1.31. The highest BCUT2D eigenvalue weighted by Crippen LogP contribution is 2.24. The summed E-state index contributed by atoms with van der Waals surface area (Å²) in [7, 11) is 0. The van der Waals surface area contributed by atoms with Gasteiger partial charge >= 0.3 is 6.09 Å². The number of nitrogens with zero attached hydrogens (tertiary/aromatic N) is 1. The van der Waals surface area contributed by atoms with Gasteiger partial charge in [0.2, 0.25) is 0 Å². The van der Waals surface area contributed by atoms with Gasteiger partial charge < -0.3 is 15.4 Å². The van der Waals surface area contributed by atoms with Gasteiger partial charge in [-0.2, -0.15) is 5.10 Å². The van der Waals surface area contributed by atoms with Crippen molar-refractivity contribution in [3.63, 3.8) is 0 Å². The summed E-state index contributed by atoms with van der Waals surface area (Å²) >= 11 is 0. The Balaban J connectivity index is 1.54. The summed E-state index contributed by atoms with van der Waals surface area (Å²) < 4.78 is 5.26. The highest BCUT2D eigenvalue weighted by atomic mass is 16.6. The Hall–Kier alpha value is -3.48. The van der Waals surface area contributed by atoms with Gasteiger partial charge in [-0.1, -0.05) is 42.5 Å². The minimum Gasteiger partial charge on any atom is -0.444 e. The van der Waals surface area contributed by atoms with Crippen LogP contribution in [-0.4, -0.2) is 21.9 Å². The smallest absolute Gasteiger partial charge is 0.412 e. The van der Waals surface area contributed by atoms with Crippen molar-refractivity contribution in [2.45, 2.75) is 45.9 Å². The first-order valence-corrected chi connectivity index (χ1v) is 9.98. The highest BCUT2D eigenvalue weighted by Gasteiger charge is 2.16. The number of anilines is 3. The topological polar surface area (TPSA) is 91.1 Å². The second-order valence-electron chi connectivity index (χ2n) is 8.11. The lowest BCUT2D eigenvalue weighted by Crippen LogP contribution is -2.27. The summed E-state index contributed by atoms with van der Waals surface area (Å²) in [5.41, 5.74) is 3.35. The van der Waals surface area contributed by atoms with E-state index in [0.29, 0.717) is 12.2 Å². The molecule has 1 atom stereocenters. The van der Waals surface area contributed by atoms with Crippen LogP contribution in [0, 0.1) is 0 Å². The lowest BCUT2D eigenvalue weighted by atomic mass is 10.1. The molecule has 0 aliphatic carbocycles. The number of aromatic amines is 1. The highest BCUT2D eigenvalue weighted by molar-refractivity contribution is 5.84. The second-order valence-corrected chi connectivity index (χ2v) is 8.11. The van der Waals surface area contributed by atoms with Crippen LogP contribution in [0.15, 0.2) is 60.8 Å². The molecule has 0 bridgehead atoms. The number of benzene rings is 2. The number of rotatable bonds is 7. The Morgan fingerprint density at radius 2 is 1.80 bits per heavy atom. The Bertz CT molecular complexity index is 946. The monoisotopic (exact) mass is 407 g/mol. The summed E-state index contributed by atoms with van der Waals surface area (Å²) in [6.45, 7) is 8.23. The van der Waals surface area contributed by atoms with Crippen molar-refractivity contribution < 1.29 is 9.53 Å². The quantitative estimate of drug-likeness (QED) is 0.413. The zero-order valence-corrected chi connectivity index (χ0v) is 17.8. The van der Waals surface area contributed by atoms with E-state index in [2.05, 4.69) is 45.2 Å². The van der Waals surface area contributed by atoms with Crippen molar-refractivity contribution in [1.29, 1.82) is 0 Å². The number of aromatic nitrogens is 2. The number of hydrogen-bond donors (Lipinski definition) is 4. The first kappa shape index (κ1) is 21.2. The van der Waals surface area contributed by atoms with Crippen LogP contribution >= 0.6 is 0 Å². The summed E-state index contributed by atoms with van der Waals surface area (Å²) in [5.74, 6) is 0.828.